The van der Waals surface area contributed by atoms with Crippen molar-refractivity contribution >= 4 is 50.6 Å². The van der Waals surface area contributed by atoms with Crippen molar-refractivity contribution in [3.8, 4) is 0 Å². The summed E-state index contributed by atoms with van der Waals surface area (Å²) in [7, 11) is -6.49. The zero-order valence-corrected chi connectivity index (χ0v) is 23.2. The van der Waals surface area contributed by atoms with E-state index >= 15 is 4.39 Å². The molecule has 19 nitrogen and oxygen atoms in total. The zero-order chi connectivity index (χ0) is 29.1. The summed E-state index contributed by atoms with van der Waals surface area (Å²) in [6.07, 6.45) is -4.35. The second-order valence-corrected chi connectivity index (χ2v) is 11.6. The summed E-state index contributed by atoms with van der Waals surface area (Å²) in [5.74, 6) is -0.0231. The molecule has 0 bridgehead atoms. The van der Waals surface area contributed by atoms with Crippen LogP contribution in [0.5, 0.6) is 0 Å². The van der Waals surface area contributed by atoms with Gasteiger partial charge < -0.3 is 39.0 Å². The molecule has 3 aliphatic rings. The van der Waals surface area contributed by atoms with E-state index in [0.29, 0.717) is 0 Å². The first-order valence-electron chi connectivity index (χ1n) is 12.5. The fourth-order valence-electron chi connectivity index (χ4n) is 5.15. The Morgan fingerprint density at radius 3 is 2.48 bits per heavy atom. The molecular formula is C20H23FN10O9P2. The lowest BCUT2D eigenvalue weighted by Crippen LogP contribution is -2.34. The number of hydrogen-bond acceptors (Lipinski definition) is 16. The van der Waals surface area contributed by atoms with E-state index in [9.17, 15) is 13.9 Å². The maximum absolute atomic E-state index is 15.7. The molecule has 9 atom stereocenters. The maximum Gasteiger partial charge on any atom is 0.319 e. The van der Waals surface area contributed by atoms with Gasteiger partial charge in [0.05, 0.1) is 32.0 Å². The number of fused-ring (bicyclic) bond motifs is 4. The molecule has 3 aliphatic heterocycles. The van der Waals surface area contributed by atoms with Gasteiger partial charge in [-0.3, -0.25) is 28.0 Å². The van der Waals surface area contributed by atoms with E-state index in [-0.39, 0.29) is 47.1 Å². The number of alkyl halides is 1. The van der Waals surface area contributed by atoms with Crippen LogP contribution in [0, 0.1) is 0 Å². The fourth-order valence-corrected chi connectivity index (χ4v) is 6.89. The van der Waals surface area contributed by atoms with Gasteiger partial charge in [-0.25, -0.2) is 24.3 Å². The van der Waals surface area contributed by atoms with Crippen molar-refractivity contribution in [1.29, 1.82) is 0 Å². The van der Waals surface area contributed by atoms with Gasteiger partial charge in [-0.05, 0) is 0 Å². The molecule has 0 radical (unpaired) electrons. The lowest BCUT2D eigenvalue weighted by molar-refractivity contribution is -0.0529. The molecule has 224 valence electrons. The summed E-state index contributed by atoms with van der Waals surface area (Å²) in [4.78, 5) is 34.8. The van der Waals surface area contributed by atoms with Crippen LogP contribution in [0.2, 0.25) is 0 Å². The SMILES string of the molecule is Nc1nc2c(ncn2[C@H]2C[C@@H]3O[PH](=O)OC[C@H]4O[C@@H](n5cnc6c(N)ncnc65)[C@H](F)[C@@H]4O[PH](=O)OCC3O2)c(=O)[nH]1. The predicted molar refractivity (Wildman–Crippen MR) is 139 cm³/mol. The molecular weight excluding hydrogens is 605 g/mol. The van der Waals surface area contributed by atoms with E-state index in [1.165, 1.54) is 28.1 Å². The molecule has 7 rings (SSSR count). The summed E-state index contributed by atoms with van der Waals surface area (Å²) in [5, 5.41) is 0. The van der Waals surface area contributed by atoms with E-state index in [1.54, 1.807) is 0 Å². The number of aromatic amines is 1. The molecule has 3 fully saturated rings. The van der Waals surface area contributed by atoms with Crippen LogP contribution in [-0.2, 0) is 36.7 Å². The number of ether oxygens (including phenoxy) is 2. The first-order chi connectivity index (χ1) is 20.3. The molecule has 7 heterocycles. The number of H-pyrrole nitrogens is 1. The maximum atomic E-state index is 15.7. The largest absolute Gasteiger partial charge is 0.382 e. The summed E-state index contributed by atoms with van der Waals surface area (Å²) in [6, 6.07) is 0. The highest BCUT2D eigenvalue weighted by molar-refractivity contribution is 7.33. The van der Waals surface area contributed by atoms with Crippen LogP contribution in [0.4, 0.5) is 16.2 Å². The molecule has 0 spiro atoms. The van der Waals surface area contributed by atoms with E-state index in [1.807, 2.05) is 0 Å². The second kappa shape index (κ2) is 10.7. The molecule has 0 saturated carbocycles. The minimum absolute atomic E-state index is 0.0384. The molecule has 3 unspecified atom stereocenters. The number of nitrogen functional groups attached to an aromatic ring is 2. The van der Waals surface area contributed by atoms with E-state index < -0.39 is 71.7 Å². The van der Waals surface area contributed by atoms with Crippen LogP contribution < -0.4 is 17.0 Å². The molecule has 4 aromatic heterocycles. The van der Waals surface area contributed by atoms with Gasteiger partial charge in [-0.15, -0.1) is 0 Å². The van der Waals surface area contributed by atoms with Crippen molar-refractivity contribution in [1.82, 2.24) is 39.0 Å². The highest BCUT2D eigenvalue weighted by atomic mass is 31.1. The van der Waals surface area contributed by atoms with E-state index in [4.69, 9.17) is 39.0 Å². The molecule has 42 heavy (non-hydrogen) atoms. The average Bonchev–Trinajstić information content (AvgIpc) is 3.72. The Bertz CT molecular complexity index is 1770. The lowest BCUT2D eigenvalue weighted by Gasteiger charge is -2.23. The minimum atomic E-state index is -3.31. The van der Waals surface area contributed by atoms with Crippen molar-refractivity contribution in [3.05, 3.63) is 29.3 Å². The number of nitrogens with two attached hydrogens (primary N) is 2. The molecule has 3 saturated heterocycles. The Morgan fingerprint density at radius 2 is 1.64 bits per heavy atom. The molecule has 0 amide bonds. The van der Waals surface area contributed by atoms with Crippen molar-refractivity contribution in [2.75, 3.05) is 24.7 Å². The van der Waals surface area contributed by atoms with E-state index in [0.717, 1.165) is 0 Å². The molecule has 0 aromatic carbocycles. The third-order valence-electron chi connectivity index (χ3n) is 7.08. The first-order valence-corrected chi connectivity index (χ1v) is 15.0. The standard InChI is InChI=1S/C20H23FN10O9P2/c21-11-14-9(38-19(11)31-6-26-12-15(22)24-4-25-16(12)31)3-36-41(33)39-7-1-10(37-8(7)2-35-42(34)40-14)30-5-27-13-17(30)28-20(23)29-18(13)32/h4-11,14,19,41-42H,1-3H2,(H2,22,24,25)(H3,23,28,29,32)/t7-,8?,9+,10+,11+,14+,19+/m0/s1. The molecule has 4 aromatic rings. The average molecular weight is 628 g/mol. The van der Waals surface area contributed by atoms with Crippen LogP contribution >= 0.6 is 16.5 Å². The Hall–Kier alpha value is -3.35. The number of anilines is 2. The van der Waals surface area contributed by atoms with Crippen LogP contribution in [0.1, 0.15) is 18.9 Å². The first kappa shape index (κ1) is 27.5. The zero-order valence-electron chi connectivity index (χ0n) is 21.2. The molecule has 0 aliphatic carbocycles. The third-order valence-corrected chi connectivity index (χ3v) is 8.84. The third kappa shape index (κ3) is 4.79. The van der Waals surface area contributed by atoms with Gasteiger partial charge in [0.2, 0.25) is 5.95 Å². The number of imidazole rings is 2. The Kier molecular flexibility index (Phi) is 7.02. The van der Waals surface area contributed by atoms with Gasteiger partial charge >= 0.3 is 16.5 Å². The Labute approximate surface area is 234 Å². The lowest BCUT2D eigenvalue weighted by atomic mass is 10.1. The highest BCUT2D eigenvalue weighted by Crippen LogP contribution is 2.44. The van der Waals surface area contributed by atoms with Gasteiger partial charge in [-0.1, -0.05) is 0 Å². The smallest absolute Gasteiger partial charge is 0.319 e. The van der Waals surface area contributed by atoms with Crippen molar-refractivity contribution in [2.24, 2.45) is 0 Å². The van der Waals surface area contributed by atoms with Gasteiger partial charge in [0.25, 0.3) is 5.56 Å². The normalized spacial score (nSPS) is 34.2. The number of aromatic nitrogens is 8. The van der Waals surface area contributed by atoms with Crippen molar-refractivity contribution < 1.29 is 41.1 Å². The van der Waals surface area contributed by atoms with Crippen LogP contribution in [0.3, 0.4) is 0 Å². The number of rotatable bonds is 2. The van der Waals surface area contributed by atoms with Gasteiger partial charge in [0, 0.05) is 6.42 Å². The predicted octanol–water partition coefficient (Wildman–Crippen LogP) is 0.243. The Morgan fingerprint density at radius 1 is 0.905 bits per heavy atom. The fraction of sp³-hybridized carbons (Fsp3) is 0.500. The van der Waals surface area contributed by atoms with Crippen molar-refractivity contribution in [2.45, 2.75) is 49.5 Å². The summed E-state index contributed by atoms with van der Waals surface area (Å²) < 4.78 is 78.0. The van der Waals surface area contributed by atoms with E-state index in [2.05, 4.69) is 29.9 Å². The summed E-state index contributed by atoms with van der Waals surface area (Å²) in [6.45, 7) is -0.740. The monoisotopic (exact) mass is 628 g/mol. The van der Waals surface area contributed by atoms with Crippen LogP contribution in [0.15, 0.2) is 23.8 Å². The topological polar surface area (TPSA) is 249 Å². The summed E-state index contributed by atoms with van der Waals surface area (Å²) >= 11 is 0. The van der Waals surface area contributed by atoms with Crippen LogP contribution in [0.25, 0.3) is 22.3 Å². The molecule has 22 heteroatoms. The molecule has 5 N–H and O–H groups in total. The van der Waals surface area contributed by atoms with Crippen molar-refractivity contribution in [3.63, 3.8) is 0 Å². The number of hydrogen-bond donors (Lipinski definition) is 3. The number of halogens is 1. The minimum Gasteiger partial charge on any atom is -0.382 e. The second-order valence-electron chi connectivity index (χ2n) is 9.59. The summed E-state index contributed by atoms with van der Waals surface area (Å²) in [5.41, 5.74) is 11.6. The highest BCUT2D eigenvalue weighted by Gasteiger charge is 2.49. The van der Waals surface area contributed by atoms with Crippen LogP contribution in [-0.4, -0.2) is 82.8 Å². The quantitative estimate of drug-likeness (QED) is 0.252. The Balaban J connectivity index is 1.10. The number of nitrogens with zero attached hydrogens (tertiary/aromatic N) is 7. The van der Waals surface area contributed by atoms with Gasteiger partial charge in [0.15, 0.2) is 35.0 Å². The van der Waals surface area contributed by atoms with Gasteiger partial charge in [-0.2, -0.15) is 4.98 Å². The van der Waals surface area contributed by atoms with Gasteiger partial charge in [0.1, 0.15) is 36.4 Å². The number of nitrogens with one attached hydrogen (secondary N) is 1.